The van der Waals surface area contributed by atoms with Crippen molar-refractivity contribution in [2.45, 2.75) is 25.7 Å². The predicted octanol–water partition coefficient (Wildman–Crippen LogP) is 3.51. The van der Waals surface area contributed by atoms with Gasteiger partial charge in [0, 0.05) is 15.9 Å². The molecule has 0 heterocycles. The van der Waals surface area contributed by atoms with Crippen LogP contribution < -0.4 is 5.32 Å². The van der Waals surface area contributed by atoms with Crippen molar-refractivity contribution in [3.8, 4) is 0 Å². The van der Waals surface area contributed by atoms with Gasteiger partial charge >= 0.3 is 0 Å². The highest BCUT2D eigenvalue weighted by Gasteiger charge is 2.14. The minimum Gasteiger partial charge on any atom is -0.351 e. The first-order valence-electron chi connectivity index (χ1n) is 5.06. The van der Waals surface area contributed by atoms with Crippen molar-refractivity contribution in [3.63, 3.8) is 0 Å². The maximum atomic E-state index is 11.9. The van der Waals surface area contributed by atoms with Crippen LogP contribution in [0.3, 0.4) is 0 Å². The Kier molecular flexibility index (Phi) is 4.44. The van der Waals surface area contributed by atoms with E-state index in [1.807, 2.05) is 12.1 Å². The maximum Gasteiger partial charge on any atom is 0.252 e. The lowest BCUT2D eigenvalue weighted by molar-refractivity contribution is 0.0938. The number of halogens is 1. The molecule has 1 rings (SSSR count). The molecule has 1 N–H and O–H groups in total. The molecule has 16 heavy (non-hydrogen) atoms. The van der Waals surface area contributed by atoms with Crippen molar-refractivity contribution in [1.82, 2.24) is 5.32 Å². The Morgan fingerprint density at radius 2 is 2.06 bits per heavy atom. The molecule has 0 saturated carbocycles. The molecule has 0 fully saturated rings. The lowest BCUT2D eigenvalue weighted by Crippen LogP contribution is -2.32. The first-order chi connectivity index (χ1) is 7.29. The fourth-order valence-electron chi connectivity index (χ4n) is 1.13. The van der Waals surface area contributed by atoms with Gasteiger partial charge in [0.25, 0.3) is 5.91 Å². The van der Waals surface area contributed by atoms with E-state index in [1.54, 1.807) is 6.07 Å². The fraction of sp³-hybridized carbons (Fsp3) is 0.417. The van der Waals surface area contributed by atoms with Crippen molar-refractivity contribution < 1.29 is 4.79 Å². The molecule has 0 bridgehead atoms. The molecule has 0 spiro atoms. The zero-order valence-electron chi connectivity index (χ0n) is 9.67. The largest absolute Gasteiger partial charge is 0.351 e. The molecule has 1 aromatic carbocycles. The number of carbonyl (C=O) groups excluding carboxylic acids is 1. The van der Waals surface area contributed by atoms with Gasteiger partial charge in [-0.25, -0.2) is 0 Å². The number of nitrogens with one attached hydrogen (secondary N) is 1. The van der Waals surface area contributed by atoms with Crippen LogP contribution in [0, 0.1) is 5.41 Å². The quantitative estimate of drug-likeness (QED) is 0.804. The molecular weight excluding hydrogens is 286 g/mol. The zero-order valence-corrected chi connectivity index (χ0v) is 12.2. The summed E-state index contributed by atoms with van der Waals surface area (Å²) in [7, 11) is 0. The molecule has 0 unspecified atom stereocenters. The second-order valence-corrected chi connectivity index (χ2v) is 6.28. The van der Waals surface area contributed by atoms with E-state index in [1.165, 1.54) is 0 Å². The Hall–Kier alpha value is -0.480. The second-order valence-electron chi connectivity index (χ2n) is 4.91. The molecule has 1 aromatic rings. The summed E-state index contributed by atoms with van der Waals surface area (Å²) >= 11 is 7.58. The number of benzene rings is 1. The van der Waals surface area contributed by atoms with E-state index >= 15 is 0 Å². The van der Waals surface area contributed by atoms with Crippen LogP contribution in [0.4, 0.5) is 0 Å². The number of thiol groups is 1. The van der Waals surface area contributed by atoms with E-state index in [9.17, 15) is 4.79 Å². The van der Waals surface area contributed by atoms with Gasteiger partial charge in [0.1, 0.15) is 0 Å². The van der Waals surface area contributed by atoms with Gasteiger partial charge in [-0.3, -0.25) is 4.79 Å². The monoisotopic (exact) mass is 301 g/mol. The first-order valence-corrected chi connectivity index (χ1v) is 6.30. The summed E-state index contributed by atoms with van der Waals surface area (Å²) in [6, 6.07) is 5.42. The average Bonchev–Trinajstić information content (AvgIpc) is 2.17. The standard InChI is InChI=1S/C12H16BrNOS/c1-12(2,3)7-14-11(15)9-6-8(16)4-5-10(9)13/h4-6,16H,7H2,1-3H3,(H,14,15). The van der Waals surface area contributed by atoms with Crippen molar-refractivity contribution in [3.05, 3.63) is 28.2 Å². The van der Waals surface area contributed by atoms with Crippen molar-refractivity contribution in [1.29, 1.82) is 0 Å². The van der Waals surface area contributed by atoms with Crippen LogP contribution >= 0.6 is 28.6 Å². The van der Waals surface area contributed by atoms with Gasteiger partial charge in [0.05, 0.1) is 5.56 Å². The molecule has 0 aromatic heterocycles. The summed E-state index contributed by atoms with van der Waals surface area (Å²) in [6.45, 7) is 6.89. The molecule has 0 radical (unpaired) electrons. The van der Waals surface area contributed by atoms with Crippen molar-refractivity contribution >= 4 is 34.5 Å². The van der Waals surface area contributed by atoms with Crippen LogP contribution in [0.1, 0.15) is 31.1 Å². The van der Waals surface area contributed by atoms with Crippen molar-refractivity contribution in [2.75, 3.05) is 6.54 Å². The number of carbonyl (C=O) groups is 1. The van der Waals surface area contributed by atoms with Crippen LogP contribution in [0.15, 0.2) is 27.6 Å². The molecular formula is C12H16BrNOS. The second kappa shape index (κ2) is 5.23. The first kappa shape index (κ1) is 13.6. The lowest BCUT2D eigenvalue weighted by atomic mass is 9.97. The molecule has 0 aliphatic heterocycles. The molecule has 0 aliphatic carbocycles. The van der Waals surface area contributed by atoms with Gasteiger partial charge < -0.3 is 5.32 Å². The minimum atomic E-state index is -0.0716. The molecule has 0 saturated heterocycles. The number of rotatable bonds is 2. The zero-order chi connectivity index (χ0) is 12.3. The molecule has 0 aliphatic rings. The minimum absolute atomic E-state index is 0.0716. The van der Waals surface area contributed by atoms with Crippen LogP contribution in [-0.2, 0) is 0 Å². The normalized spacial score (nSPS) is 11.3. The fourth-order valence-corrected chi connectivity index (χ4v) is 1.76. The maximum absolute atomic E-state index is 11.9. The van der Waals surface area contributed by atoms with Gasteiger partial charge in [-0.05, 0) is 39.5 Å². The summed E-state index contributed by atoms with van der Waals surface area (Å²) in [5, 5.41) is 2.90. The topological polar surface area (TPSA) is 29.1 Å². The van der Waals surface area contributed by atoms with Gasteiger partial charge in [-0.15, -0.1) is 12.6 Å². The Morgan fingerprint density at radius 3 is 2.62 bits per heavy atom. The predicted molar refractivity (Wildman–Crippen MR) is 73.2 cm³/mol. The van der Waals surface area contributed by atoms with Gasteiger partial charge in [-0.2, -0.15) is 0 Å². The average molecular weight is 302 g/mol. The molecule has 0 atom stereocenters. The number of amides is 1. The highest BCUT2D eigenvalue weighted by Crippen LogP contribution is 2.20. The highest BCUT2D eigenvalue weighted by molar-refractivity contribution is 9.10. The molecule has 2 nitrogen and oxygen atoms in total. The van der Waals surface area contributed by atoms with E-state index in [0.29, 0.717) is 12.1 Å². The van der Waals surface area contributed by atoms with Crippen LogP contribution in [0.2, 0.25) is 0 Å². The van der Waals surface area contributed by atoms with E-state index in [-0.39, 0.29) is 11.3 Å². The molecule has 4 heteroatoms. The molecule has 88 valence electrons. The summed E-state index contributed by atoms with van der Waals surface area (Å²) in [5.41, 5.74) is 0.706. The van der Waals surface area contributed by atoms with Crippen LogP contribution in [0.25, 0.3) is 0 Å². The SMILES string of the molecule is CC(C)(C)CNC(=O)c1cc(S)ccc1Br. The van der Waals surface area contributed by atoms with Gasteiger partial charge in [0.15, 0.2) is 0 Å². The Morgan fingerprint density at radius 1 is 1.44 bits per heavy atom. The third-order valence-electron chi connectivity index (χ3n) is 1.97. The smallest absolute Gasteiger partial charge is 0.252 e. The Balaban J connectivity index is 2.77. The summed E-state index contributed by atoms with van der Waals surface area (Å²) in [5.74, 6) is -0.0716. The lowest BCUT2D eigenvalue weighted by Gasteiger charge is -2.19. The third-order valence-corrected chi connectivity index (χ3v) is 2.94. The number of hydrogen-bond acceptors (Lipinski definition) is 2. The van der Waals surface area contributed by atoms with Gasteiger partial charge in [-0.1, -0.05) is 20.8 Å². The summed E-state index contributed by atoms with van der Waals surface area (Å²) < 4.78 is 0.789. The summed E-state index contributed by atoms with van der Waals surface area (Å²) in [4.78, 5) is 12.7. The Bertz CT molecular complexity index is 398. The van der Waals surface area contributed by atoms with E-state index in [4.69, 9.17) is 0 Å². The van der Waals surface area contributed by atoms with Crippen LogP contribution in [-0.4, -0.2) is 12.5 Å². The van der Waals surface area contributed by atoms with E-state index in [2.05, 4.69) is 54.6 Å². The van der Waals surface area contributed by atoms with Crippen LogP contribution in [0.5, 0.6) is 0 Å². The van der Waals surface area contributed by atoms with E-state index < -0.39 is 0 Å². The van der Waals surface area contributed by atoms with E-state index in [0.717, 1.165) is 9.37 Å². The summed E-state index contributed by atoms with van der Waals surface area (Å²) in [6.07, 6.45) is 0. The third kappa shape index (κ3) is 4.18. The van der Waals surface area contributed by atoms with Gasteiger partial charge in [0.2, 0.25) is 0 Å². The Labute approximate surface area is 110 Å². The highest BCUT2D eigenvalue weighted by atomic mass is 79.9. The van der Waals surface area contributed by atoms with Crippen molar-refractivity contribution in [2.24, 2.45) is 5.41 Å². The number of hydrogen-bond donors (Lipinski definition) is 2. The molecule has 1 amide bonds.